The van der Waals surface area contributed by atoms with Crippen LogP contribution >= 0.6 is 11.8 Å². The fourth-order valence-corrected chi connectivity index (χ4v) is 2.48. The van der Waals surface area contributed by atoms with Crippen LogP contribution in [0.25, 0.3) is 0 Å². The lowest BCUT2D eigenvalue weighted by Crippen LogP contribution is -2.41. The van der Waals surface area contributed by atoms with E-state index in [4.69, 9.17) is 0 Å². The van der Waals surface area contributed by atoms with Gasteiger partial charge in [0.25, 0.3) is 0 Å². The van der Waals surface area contributed by atoms with E-state index in [1.165, 1.54) is 0 Å². The third-order valence-corrected chi connectivity index (χ3v) is 4.20. The average Bonchev–Trinajstić information content (AvgIpc) is 2.64. The zero-order chi connectivity index (χ0) is 17.4. The molecule has 0 radical (unpaired) electrons. The Morgan fingerprint density at radius 1 is 1.00 bits per heavy atom. The standard InChI is InChI=1S/C18H20N2O3S/c1-24-15-9-7-14(8-10-15)16(21)12-20-18(23)17(22)19-11-13-5-3-2-4-6-13/h2-10,16,21H,11-12H2,1H3,(H,19,22)(H,20,23)/t16-/m1/s1. The van der Waals surface area contributed by atoms with Gasteiger partial charge in [0.2, 0.25) is 0 Å². The number of carbonyl (C=O) groups excluding carboxylic acids is 2. The summed E-state index contributed by atoms with van der Waals surface area (Å²) in [7, 11) is 0. The van der Waals surface area contributed by atoms with Gasteiger partial charge in [-0.2, -0.15) is 0 Å². The molecule has 2 rings (SSSR count). The maximum atomic E-state index is 11.8. The highest BCUT2D eigenvalue weighted by Crippen LogP contribution is 2.18. The lowest BCUT2D eigenvalue weighted by molar-refractivity contribution is -0.139. The van der Waals surface area contributed by atoms with Gasteiger partial charge < -0.3 is 15.7 Å². The van der Waals surface area contributed by atoms with Crippen molar-refractivity contribution in [3.8, 4) is 0 Å². The first-order valence-corrected chi connectivity index (χ1v) is 8.74. The number of amides is 2. The second-order valence-corrected chi connectivity index (χ2v) is 6.05. The Kier molecular flexibility index (Phi) is 6.84. The van der Waals surface area contributed by atoms with E-state index in [0.717, 1.165) is 10.5 Å². The number of hydrogen-bond acceptors (Lipinski definition) is 4. The molecular formula is C18H20N2O3S. The molecule has 0 fully saturated rings. The first-order valence-electron chi connectivity index (χ1n) is 7.52. The second kappa shape index (κ2) is 9.10. The molecule has 0 unspecified atom stereocenters. The Morgan fingerprint density at radius 2 is 1.62 bits per heavy atom. The molecule has 2 aromatic rings. The molecule has 0 saturated heterocycles. The molecule has 1 atom stereocenters. The predicted octanol–water partition coefficient (Wildman–Crippen LogP) is 1.87. The van der Waals surface area contributed by atoms with E-state index in [0.29, 0.717) is 5.56 Å². The number of rotatable bonds is 6. The number of aliphatic hydroxyl groups excluding tert-OH is 1. The lowest BCUT2D eigenvalue weighted by Gasteiger charge is -2.12. The van der Waals surface area contributed by atoms with Gasteiger partial charge in [-0.15, -0.1) is 11.8 Å². The van der Waals surface area contributed by atoms with Crippen molar-refractivity contribution in [3.05, 3.63) is 65.7 Å². The van der Waals surface area contributed by atoms with Crippen LogP contribution in [-0.2, 0) is 16.1 Å². The largest absolute Gasteiger partial charge is 0.387 e. The summed E-state index contributed by atoms with van der Waals surface area (Å²) in [5.41, 5.74) is 1.60. The van der Waals surface area contributed by atoms with Crippen LogP contribution in [0.4, 0.5) is 0 Å². The Labute approximate surface area is 145 Å². The van der Waals surface area contributed by atoms with Crippen LogP contribution in [0, 0.1) is 0 Å². The highest BCUT2D eigenvalue weighted by atomic mass is 32.2. The molecule has 2 aromatic carbocycles. The molecule has 0 aliphatic rings. The van der Waals surface area contributed by atoms with E-state index in [9.17, 15) is 14.7 Å². The SMILES string of the molecule is CSc1ccc([C@H](O)CNC(=O)C(=O)NCc2ccccc2)cc1. The van der Waals surface area contributed by atoms with Crippen molar-refractivity contribution >= 4 is 23.6 Å². The molecular weight excluding hydrogens is 324 g/mol. The van der Waals surface area contributed by atoms with Crippen LogP contribution in [0.2, 0.25) is 0 Å². The maximum absolute atomic E-state index is 11.8. The van der Waals surface area contributed by atoms with Crippen LogP contribution in [0.1, 0.15) is 17.2 Å². The van der Waals surface area contributed by atoms with Crippen LogP contribution in [0.15, 0.2) is 59.5 Å². The summed E-state index contributed by atoms with van der Waals surface area (Å²) in [6.07, 6.45) is 1.12. The van der Waals surface area contributed by atoms with Crippen molar-refractivity contribution in [1.82, 2.24) is 10.6 Å². The van der Waals surface area contributed by atoms with Crippen molar-refractivity contribution in [1.29, 1.82) is 0 Å². The van der Waals surface area contributed by atoms with Crippen molar-refractivity contribution in [2.75, 3.05) is 12.8 Å². The highest BCUT2D eigenvalue weighted by Gasteiger charge is 2.15. The Hall–Kier alpha value is -2.31. The second-order valence-electron chi connectivity index (χ2n) is 5.17. The van der Waals surface area contributed by atoms with E-state index in [2.05, 4.69) is 10.6 Å². The first-order chi connectivity index (χ1) is 11.6. The van der Waals surface area contributed by atoms with E-state index in [1.54, 1.807) is 23.9 Å². The summed E-state index contributed by atoms with van der Waals surface area (Å²) >= 11 is 1.61. The number of hydrogen-bond donors (Lipinski definition) is 3. The van der Waals surface area contributed by atoms with E-state index >= 15 is 0 Å². The molecule has 0 heterocycles. The van der Waals surface area contributed by atoms with E-state index in [-0.39, 0.29) is 13.1 Å². The van der Waals surface area contributed by atoms with Crippen molar-refractivity contribution in [3.63, 3.8) is 0 Å². The Bertz CT molecular complexity index is 674. The van der Waals surface area contributed by atoms with Crippen molar-refractivity contribution < 1.29 is 14.7 Å². The zero-order valence-corrected chi connectivity index (χ0v) is 14.2. The minimum Gasteiger partial charge on any atom is -0.387 e. The number of nitrogens with one attached hydrogen (secondary N) is 2. The van der Waals surface area contributed by atoms with Crippen molar-refractivity contribution in [2.24, 2.45) is 0 Å². The van der Waals surface area contributed by atoms with E-state index in [1.807, 2.05) is 48.7 Å². The predicted molar refractivity (Wildman–Crippen MR) is 94.5 cm³/mol. The molecule has 24 heavy (non-hydrogen) atoms. The molecule has 2 amide bonds. The molecule has 0 spiro atoms. The molecule has 0 aliphatic carbocycles. The summed E-state index contributed by atoms with van der Waals surface area (Å²) in [5, 5.41) is 15.1. The van der Waals surface area contributed by atoms with Gasteiger partial charge in [-0.25, -0.2) is 0 Å². The monoisotopic (exact) mass is 344 g/mol. The van der Waals surface area contributed by atoms with Gasteiger partial charge in [0.15, 0.2) is 0 Å². The van der Waals surface area contributed by atoms with Gasteiger partial charge in [-0.3, -0.25) is 9.59 Å². The number of carbonyl (C=O) groups is 2. The molecule has 5 nitrogen and oxygen atoms in total. The summed E-state index contributed by atoms with van der Waals surface area (Å²) < 4.78 is 0. The Morgan fingerprint density at radius 3 is 2.25 bits per heavy atom. The fourth-order valence-electron chi connectivity index (χ4n) is 2.07. The van der Waals surface area contributed by atoms with Gasteiger partial charge in [-0.1, -0.05) is 42.5 Å². The number of thioether (sulfide) groups is 1. The molecule has 3 N–H and O–H groups in total. The normalized spacial score (nSPS) is 11.6. The maximum Gasteiger partial charge on any atom is 0.309 e. The van der Waals surface area contributed by atoms with Crippen molar-refractivity contribution in [2.45, 2.75) is 17.5 Å². The number of aliphatic hydroxyl groups is 1. The van der Waals surface area contributed by atoms with Crippen LogP contribution in [0.5, 0.6) is 0 Å². The van der Waals surface area contributed by atoms with Crippen LogP contribution in [0.3, 0.4) is 0 Å². The molecule has 0 aromatic heterocycles. The van der Waals surface area contributed by atoms with Gasteiger partial charge in [0.1, 0.15) is 0 Å². The van der Waals surface area contributed by atoms with E-state index < -0.39 is 17.9 Å². The minimum atomic E-state index is -0.855. The summed E-state index contributed by atoms with van der Waals surface area (Å²) in [6.45, 7) is 0.266. The number of benzene rings is 2. The third-order valence-electron chi connectivity index (χ3n) is 3.46. The topological polar surface area (TPSA) is 78.4 Å². The summed E-state index contributed by atoms with van der Waals surface area (Å²) in [4.78, 5) is 24.6. The van der Waals surface area contributed by atoms with Crippen LogP contribution < -0.4 is 10.6 Å². The zero-order valence-electron chi connectivity index (χ0n) is 13.4. The van der Waals surface area contributed by atoms with Gasteiger partial charge in [-0.05, 0) is 29.5 Å². The molecule has 0 aliphatic heterocycles. The molecule has 126 valence electrons. The summed E-state index contributed by atoms with van der Waals surface area (Å²) in [5.74, 6) is -1.48. The fraction of sp³-hybridized carbons (Fsp3) is 0.222. The first kappa shape index (κ1) is 18.0. The smallest absolute Gasteiger partial charge is 0.309 e. The van der Waals surface area contributed by atoms with Gasteiger partial charge in [0.05, 0.1) is 6.10 Å². The van der Waals surface area contributed by atoms with Gasteiger partial charge in [0, 0.05) is 18.0 Å². The third kappa shape index (κ3) is 5.40. The molecule has 6 heteroatoms. The summed E-state index contributed by atoms with van der Waals surface area (Å²) in [6, 6.07) is 16.7. The molecule has 0 bridgehead atoms. The van der Waals surface area contributed by atoms with Gasteiger partial charge >= 0.3 is 11.8 Å². The lowest BCUT2D eigenvalue weighted by atomic mass is 10.1. The molecule has 0 saturated carbocycles. The quantitative estimate of drug-likeness (QED) is 0.552. The Balaban J connectivity index is 1.77. The average molecular weight is 344 g/mol. The van der Waals surface area contributed by atoms with Crippen LogP contribution in [-0.4, -0.2) is 29.7 Å². The highest BCUT2D eigenvalue weighted by molar-refractivity contribution is 7.98. The minimum absolute atomic E-state index is 0.0177.